The Balaban J connectivity index is 1.36. The lowest BCUT2D eigenvalue weighted by Gasteiger charge is -2.63. The minimum atomic E-state index is 0.146. The molecule has 0 saturated heterocycles. The van der Waals surface area contributed by atoms with Crippen LogP contribution in [0.4, 0.5) is 0 Å². The first-order valence-electron chi connectivity index (χ1n) is 12.8. The topological polar surface area (TPSA) is 58.7 Å². The van der Waals surface area contributed by atoms with E-state index in [1.165, 1.54) is 57.8 Å². The summed E-state index contributed by atoms with van der Waals surface area (Å²) >= 11 is 0. The van der Waals surface area contributed by atoms with Crippen molar-refractivity contribution < 1.29 is 4.79 Å². The van der Waals surface area contributed by atoms with E-state index in [0.717, 1.165) is 30.1 Å². The largest absolute Gasteiger partial charge is 0.297 e. The van der Waals surface area contributed by atoms with Gasteiger partial charge in [0.1, 0.15) is 6.07 Å². The van der Waals surface area contributed by atoms with E-state index in [4.69, 9.17) is 5.26 Å². The van der Waals surface area contributed by atoms with Crippen molar-refractivity contribution in [1.29, 1.82) is 5.26 Å². The lowest BCUT2D eigenvalue weighted by atomic mass is 9.41. The zero-order valence-corrected chi connectivity index (χ0v) is 19.6. The van der Waals surface area contributed by atoms with Crippen LogP contribution in [0.15, 0.2) is 12.3 Å². The predicted molar refractivity (Wildman–Crippen MR) is 121 cm³/mol. The fourth-order valence-corrected chi connectivity index (χ4v) is 8.98. The van der Waals surface area contributed by atoms with E-state index in [-0.39, 0.29) is 11.3 Å². The summed E-state index contributed by atoms with van der Waals surface area (Å²) < 4.78 is 1.68. The number of fused-ring (bicyclic) bond motifs is 5. The number of Topliss-reactive ketones (excluding diaryl/α,β-unsaturated/α-hetero) is 1. The van der Waals surface area contributed by atoms with Crippen molar-refractivity contribution >= 4 is 5.78 Å². The minimum Gasteiger partial charge on any atom is -0.297 e. The number of ketones is 1. The van der Waals surface area contributed by atoms with Crippen LogP contribution in [0.1, 0.15) is 90.7 Å². The second-order valence-corrected chi connectivity index (χ2v) is 12.0. The maximum absolute atomic E-state index is 13.5. The number of carbonyl (C=O) groups is 1. The molecule has 4 fully saturated rings. The molecule has 0 aliphatic heterocycles. The van der Waals surface area contributed by atoms with Crippen LogP contribution in [0.2, 0.25) is 0 Å². The maximum atomic E-state index is 13.5. The summed E-state index contributed by atoms with van der Waals surface area (Å²) in [6, 6.07) is 3.77. The molecule has 0 bridgehead atoms. The molecule has 4 heteroatoms. The van der Waals surface area contributed by atoms with Crippen molar-refractivity contribution in [3.8, 4) is 6.07 Å². The summed E-state index contributed by atoms with van der Waals surface area (Å²) in [6.07, 6.45) is 14.9. The highest BCUT2D eigenvalue weighted by Gasteiger charge is 2.59. The van der Waals surface area contributed by atoms with Crippen LogP contribution >= 0.6 is 0 Å². The van der Waals surface area contributed by atoms with Gasteiger partial charge in [0, 0.05) is 12.1 Å². The number of aromatic nitrogens is 2. The van der Waals surface area contributed by atoms with Crippen molar-refractivity contribution in [3.63, 3.8) is 0 Å². The van der Waals surface area contributed by atoms with Crippen LogP contribution in [0.25, 0.3) is 0 Å². The third-order valence-corrected chi connectivity index (χ3v) is 10.6. The van der Waals surface area contributed by atoms with Gasteiger partial charge in [-0.25, -0.2) is 0 Å². The zero-order valence-electron chi connectivity index (χ0n) is 19.6. The maximum Gasteiger partial charge on any atom is 0.162 e. The highest BCUT2D eigenvalue weighted by Crippen LogP contribution is 2.66. The number of carbonyl (C=O) groups excluding carboxylic acids is 1. The Morgan fingerprint density at radius 3 is 2.68 bits per heavy atom. The van der Waals surface area contributed by atoms with Gasteiger partial charge in [0.2, 0.25) is 0 Å². The van der Waals surface area contributed by atoms with Gasteiger partial charge in [0.15, 0.2) is 11.5 Å². The van der Waals surface area contributed by atoms with E-state index in [1.807, 2.05) is 0 Å². The van der Waals surface area contributed by atoms with E-state index in [0.29, 0.717) is 29.4 Å². The van der Waals surface area contributed by atoms with E-state index in [2.05, 4.69) is 31.9 Å². The van der Waals surface area contributed by atoms with Gasteiger partial charge >= 0.3 is 0 Å². The Hall–Kier alpha value is -1.63. The Kier molecular flexibility index (Phi) is 5.31. The first kappa shape index (κ1) is 21.2. The van der Waals surface area contributed by atoms with Crippen molar-refractivity contribution in [1.82, 2.24) is 9.78 Å². The highest BCUT2D eigenvalue weighted by atomic mass is 16.1. The van der Waals surface area contributed by atoms with E-state index >= 15 is 0 Å². The monoisotopic (exact) mass is 421 g/mol. The summed E-state index contributed by atoms with van der Waals surface area (Å²) in [5, 5.41) is 13.3. The van der Waals surface area contributed by atoms with Crippen LogP contribution in [-0.2, 0) is 11.3 Å². The number of nitrogens with zero attached hydrogens (tertiary/aromatic N) is 3. The van der Waals surface area contributed by atoms with Gasteiger partial charge < -0.3 is 0 Å². The number of nitriles is 1. The minimum absolute atomic E-state index is 0.146. The third-order valence-electron chi connectivity index (χ3n) is 10.6. The molecular formula is C27H39N3O. The van der Waals surface area contributed by atoms with Gasteiger partial charge in [-0.05, 0) is 97.9 Å². The molecule has 1 aromatic rings. The van der Waals surface area contributed by atoms with Gasteiger partial charge in [-0.1, -0.05) is 33.6 Å². The molecule has 5 rings (SSSR count). The van der Waals surface area contributed by atoms with Crippen LogP contribution in [0.5, 0.6) is 0 Å². The standard InChI is InChI=1S/C27H39N3O/c1-18-9-12-26(2)19(15-18)7-8-21-22-5-4-6-24(27(22,3)13-10-23(21)26)25(31)17-30-14-11-20(16-28)29-30/h11,14,18-19,21-24H,4-10,12-13,15,17H2,1-3H3/t18-,19-,21-,22-,23-,24+,26-,27-/m0/s1. The number of hydrogen-bond acceptors (Lipinski definition) is 3. The Labute approximate surface area is 187 Å². The van der Waals surface area contributed by atoms with Crippen molar-refractivity contribution in [2.24, 2.45) is 46.3 Å². The van der Waals surface area contributed by atoms with Gasteiger partial charge in [-0.2, -0.15) is 10.4 Å². The average Bonchev–Trinajstić information content (AvgIpc) is 3.20. The zero-order chi connectivity index (χ0) is 21.8. The van der Waals surface area contributed by atoms with Gasteiger partial charge in [-0.15, -0.1) is 0 Å². The SMILES string of the molecule is C[C@H]1CC[C@@]2(C)[C@@H](CC[C@@H]3[C@@H]2CC[C@]2(C)[C@@H](C(=O)Cn4ccc(C#N)n4)CCC[C@@H]32)C1. The Morgan fingerprint density at radius 2 is 1.90 bits per heavy atom. The first-order valence-corrected chi connectivity index (χ1v) is 12.8. The quantitative estimate of drug-likeness (QED) is 0.600. The van der Waals surface area contributed by atoms with Crippen LogP contribution in [-0.4, -0.2) is 15.6 Å². The second kappa shape index (κ2) is 7.75. The molecule has 31 heavy (non-hydrogen) atoms. The highest BCUT2D eigenvalue weighted by molar-refractivity contribution is 5.81. The smallest absolute Gasteiger partial charge is 0.162 e. The molecule has 0 amide bonds. The normalized spacial score (nSPS) is 44.5. The first-order chi connectivity index (χ1) is 14.8. The van der Waals surface area contributed by atoms with Gasteiger partial charge in [0.05, 0.1) is 6.54 Å². The Bertz CT molecular complexity index is 883. The molecule has 0 radical (unpaired) electrons. The summed E-state index contributed by atoms with van der Waals surface area (Å²) in [4.78, 5) is 13.5. The summed E-state index contributed by atoms with van der Waals surface area (Å²) in [5.41, 5.74) is 1.08. The lowest BCUT2D eigenvalue weighted by molar-refractivity contribution is -0.157. The summed E-state index contributed by atoms with van der Waals surface area (Å²) in [7, 11) is 0. The molecule has 4 nitrogen and oxygen atoms in total. The molecular weight excluding hydrogens is 382 g/mol. The molecule has 0 N–H and O–H groups in total. The van der Waals surface area contributed by atoms with Gasteiger partial charge in [0.25, 0.3) is 0 Å². The number of hydrogen-bond donors (Lipinski definition) is 0. The molecule has 4 aliphatic rings. The second-order valence-electron chi connectivity index (χ2n) is 12.0. The molecule has 0 spiro atoms. The average molecular weight is 422 g/mol. The molecule has 0 aromatic carbocycles. The fraction of sp³-hybridized carbons (Fsp3) is 0.815. The lowest BCUT2D eigenvalue weighted by Crippen LogP contribution is -2.57. The van der Waals surface area contributed by atoms with E-state index in [1.54, 1.807) is 16.9 Å². The van der Waals surface area contributed by atoms with E-state index < -0.39 is 0 Å². The molecule has 4 saturated carbocycles. The molecule has 0 unspecified atom stereocenters. The van der Waals surface area contributed by atoms with Crippen molar-refractivity contribution in [2.45, 2.75) is 91.5 Å². The summed E-state index contributed by atoms with van der Waals surface area (Å²) in [5.74, 6) is 4.72. The third kappa shape index (κ3) is 3.38. The molecule has 1 aromatic heterocycles. The Morgan fingerprint density at radius 1 is 1.13 bits per heavy atom. The molecule has 8 atom stereocenters. The van der Waals surface area contributed by atoms with Crippen LogP contribution in [0, 0.1) is 57.7 Å². The van der Waals surface area contributed by atoms with Crippen LogP contribution < -0.4 is 0 Å². The van der Waals surface area contributed by atoms with Crippen molar-refractivity contribution in [3.05, 3.63) is 18.0 Å². The van der Waals surface area contributed by atoms with Gasteiger partial charge in [-0.3, -0.25) is 9.48 Å². The molecule has 1 heterocycles. The number of rotatable bonds is 3. The molecule has 168 valence electrons. The van der Waals surface area contributed by atoms with Crippen molar-refractivity contribution in [2.75, 3.05) is 0 Å². The van der Waals surface area contributed by atoms with E-state index in [9.17, 15) is 4.79 Å². The molecule has 4 aliphatic carbocycles. The summed E-state index contributed by atoms with van der Waals surface area (Å²) in [6.45, 7) is 7.87. The fourth-order valence-electron chi connectivity index (χ4n) is 8.98. The van der Waals surface area contributed by atoms with Crippen LogP contribution in [0.3, 0.4) is 0 Å². The predicted octanol–water partition coefficient (Wildman–Crippen LogP) is 6.01.